The molecule has 0 saturated heterocycles. The molecule has 110 valence electrons. The Hall–Kier alpha value is -1.85. The van der Waals surface area contributed by atoms with Gasteiger partial charge in [-0.2, -0.15) is 0 Å². The molecule has 0 aliphatic carbocycles. The molecule has 0 aromatic heterocycles. The van der Waals surface area contributed by atoms with Gasteiger partial charge in [-0.3, -0.25) is 0 Å². The largest absolute Gasteiger partial charge is 0.486 e. The van der Waals surface area contributed by atoms with E-state index in [1.54, 1.807) is 6.07 Å². The number of nitrogens with two attached hydrogens (primary N) is 1. The molecule has 0 radical (unpaired) electrons. The van der Waals surface area contributed by atoms with Crippen molar-refractivity contribution < 1.29 is 18.3 Å². The van der Waals surface area contributed by atoms with E-state index < -0.39 is 11.6 Å². The van der Waals surface area contributed by atoms with Crippen molar-refractivity contribution in [3.05, 3.63) is 47.0 Å². The lowest BCUT2D eigenvalue weighted by molar-refractivity contribution is 0.0971. The average Bonchev–Trinajstić information content (AvgIpc) is 2.49. The highest BCUT2D eigenvalue weighted by Crippen LogP contribution is 2.43. The summed E-state index contributed by atoms with van der Waals surface area (Å²) in [6.45, 7) is 0.471. The monoisotopic (exact) mass is 311 g/mol. The van der Waals surface area contributed by atoms with Gasteiger partial charge in [-0.15, -0.1) is 0 Å². The van der Waals surface area contributed by atoms with Crippen LogP contribution in [0.5, 0.6) is 11.5 Å². The van der Waals surface area contributed by atoms with Crippen molar-refractivity contribution in [3.63, 3.8) is 0 Å². The second kappa shape index (κ2) is 5.50. The Bertz CT molecular complexity index is 694. The maximum absolute atomic E-state index is 14.2. The molecule has 2 aromatic carbocycles. The Morgan fingerprint density at radius 2 is 2.05 bits per heavy atom. The summed E-state index contributed by atoms with van der Waals surface area (Å²) >= 11 is 5.78. The molecule has 3 nitrogen and oxygen atoms in total. The van der Waals surface area contributed by atoms with E-state index >= 15 is 0 Å². The maximum atomic E-state index is 14.2. The normalized spacial score (nSPS) is 16.9. The fraction of sp³-hybridized carbons (Fsp3) is 0.200. The fourth-order valence-corrected chi connectivity index (χ4v) is 2.38. The molecule has 1 atom stereocenters. The summed E-state index contributed by atoms with van der Waals surface area (Å²) < 4.78 is 39.1. The van der Waals surface area contributed by atoms with Crippen LogP contribution in [0.1, 0.15) is 0 Å². The molecule has 21 heavy (non-hydrogen) atoms. The van der Waals surface area contributed by atoms with E-state index in [1.165, 1.54) is 24.3 Å². The molecule has 1 aliphatic heterocycles. The summed E-state index contributed by atoms with van der Waals surface area (Å²) in [6.07, 6.45) is -0.357. The zero-order chi connectivity index (χ0) is 15.0. The van der Waals surface area contributed by atoms with Crippen LogP contribution in [-0.4, -0.2) is 19.3 Å². The van der Waals surface area contributed by atoms with Gasteiger partial charge in [0.15, 0.2) is 11.5 Å². The van der Waals surface area contributed by atoms with Crippen molar-refractivity contribution in [2.24, 2.45) is 5.73 Å². The van der Waals surface area contributed by atoms with E-state index in [-0.39, 0.29) is 46.9 Å². The van der Waals surface area contributed by atoms with Crippen molar-refractivity contribution in [2.45, 2.75) is 6.10 Å². The summed E-state index contributed by atoms with van der Waals surface area (Å²) in [6, 6.07) is 6.91. The van der Waals surface area contributed by atoms with Gasteiger partial charge in [0.1, 0.15) is 24.3 Å². The molecule has 0 spiro atoms. The molecule has 0 amide bonds. The number of ether oxygens (including phenoxy) is 2. The van der Waals surface area contributed by atoms with Gasteiger partial charge in [-0.25, -0.2) is 8.78 Å². The van der Waals surface area contributed by atoms with Crippen LogP contribution in [0.2, 0.25) is 5.02 Å². The van der Waals surface area contributed by atoms with Crippen molar-refractivity contribution in [3.8, 4) is 22.6 Å². The van der Waals surface area contributed by atoms with Gasteiger partial charge in [-0.1, -0.05) is 23.7 Å². The minimum absolute atomic E-state index is 0.0439. The Balaban J connectivity index is 2.18. The summed E-state index contributed by atoms with van der Waals surface area (Å²) in [7, 11) is 0. The Morgan fingerprint density at radius 3 is 2.81 bits per heavy atom. The van der Waals surface area contributed by atoms with Crippen LogP contribution in [0.25, 0.3) is 11.1 Å². The van der Waals surface area contributed by atoms with E-state index in [0.29, 0.717) is 0 Å². The molecule has 6 heteroatoms. The van der Waals surface area contributed by atoms with Crippen LogP contribution >= 0.6 is 11.6 Å². The van der Waals surface area contributed by atoms with Gasteiger partial charge in [0.05, 0.1) is 5.02 Å². The highest BCUT2D eigenvalue weighted by Gasteiger charge is 2.26. The van der Waals surface area contributed by atoms with Crippen LogP contribution in [0, 0.1) is 11.6 Å². The van der Waals surface area contributed by atoms with E-state index in [2.05, 4.69) is 0 Å². The SMILES string of the molecule is NC[C@H]1COc2cc(F)cc(-c3cccc(Cl)c3F)c2O1. The average molecular weight is 312 g/mol. The topological polar surface area (TPSA) is 44.5 Å². The summed E-state index contributed by atoms with van der Waals surface area (Å²) in [4.78, 5) is 0. The lowest BCUT2D eigenvalue weighted by Crippen LogP contribution is -2.36. The zero-order valence-electron chi connectivity index (χ0n) is 10.9. The second-order valence-electron chi connectivity index (χ2n) is 4.67. The molecule has 1 aliphatic rings. The van der Waals surface area contributed by atoms with Gasteiger partial charge in [0, 0.05) is 23.7 Å². The molecule has 0 saturated carbocycles. The zero-order valence-corrected chi connectivity index (χ0v) is 11.7. The van der Waals surface area contributed by atoms with Crippen LogP contribution in [-0.2, 0) is 0 Å². The third-order valence-electron chi connectivity index (χ3n) is 3.23. The molecular formula is C15H12ClF2NO2. The van der Waals surface area contributed by atoms with E-state index in [9.17, 15) is 8.78 Å². The van der Waals surface area contributed by atoms with E-state index in [0.717, 1.165) is 0 Å². The van der Waals surface area contributed by atoms with Crippen LogP contribution in [0.4, 0.5) is 8.78 Å². The van der Waals surface area contributed by atoms with Gasteiger partial charge in [0.2, 0.25) is 0 Å². The lowest BCUT2D eigenvalue weighted by atomic mass is 10.0. The Labute approximate surface area is 125 Å². The van der Waals surface area contributed by atoms with Crippen LogP contribution in [0.15, 0.2) is 30.3 Å². The number of rotatable bonds is 2. The molecule has 0 unspecified atom stereocenters. The third-order valence-corrected chi connectivity index (χ3v) is 3.53. The quantitative estimate of drug-likeness (QED) is 0.924. The molecule has 3 rings (SSSR count). The second-order valence-corrected chi connectivity index (χ2v) is 5.08. The standard InChI is InChI=1S/C15H12ClF2NO2/c16-12-3-1-2-10(14(12)18)11-4-8(17)5-13-15(11)21-9(6-19)7-20-13/h1-5,9H,6-7,19H2/t9-/m0/s1. The Kier molecular flexibility index (Phi) is 3.69. The van der Waals surface area contributed by atoms with Crippen molar-refractivity contribution in [1.82, 2.24) is 0 Å². The Morgan fingerprint density at radius 1 is 1.24 bits per heavy atom. The number of halogens is 3. The first-order valence-corrected chi connectivity index (χ1v) is 6.75. The third kappa shape index (κ3) is 2.54. The first-order valence-electron chi connectivity index (χ1n) is 6.37. The first kappa shape index (κ1) is 14.1. The van der Waals surface area contributed by atoms with E-state index in [1.807, 2.05) is 0 Å². The number of fused-ring (bicyclic) bond motifs is 1. The van der Waals surface area contributed by atoms with Gasteiger partial charge in [-0.05, 0) is 12.1 Å². The van der Waals surface area contributed by atoms with Crippen LogP contribution < -0.4 is 15.2 Å². The summed E-state index contributed by atoms with van der Waals surface area (Å²) in [5, 5.41) is -0.0439. The molecule has 2 N–H and O–H groups in total. The summed E-state index contributed by atoms with van der Waals surface area (Å²) in [5.74, 6) is -0.670. The van der Waals surface area contributed by atoms with Crippen molar-refractivity contribution in [2.75, 3.05) is 13.2 Å². The summed E-state index contributed by atoms with van der Waals surface area (Å²) in [5.41, 5.74) is 5.96. The number of hydrogen-bond acceptors (Lipinski definition) is 3. The predicted molar refractivity (Wildman–Crippen MR) is 75.8 cm³/mol. The molecule has 0 bridgehead atoms. The smallest absolute Gasteiger partial charge is 0.169 e. The lowest BCUT2D eigenvalue weighted by Gasteiger charge is -2.27. The molecule has 2 aromatic rings. The van der Waals surface area contributed by atoms with Crippen LogP contribution in [0.3, 0.4) is 0 Å². The molecular weight excluding hydrogens is 300 g/mol. The fourth-order valence-electron chi connectivity index (χ4n) is 2.21. The number of benzene rings is 2. The minimum Gasteiger partial charge on any atom is -0.486 e. The predicted octanol–water partition coefficient (Wildman–Crippen LogP) is 3.38. The van der Waals surface area contributed by atoms with E-state index in [4.69, 9.17) is 26.8 Å². The maximum Gasteiger partial charge on any atom is 0.169 e. The van der Waals surface area contributed by atoms with Gasteiger partial charge in [0.25, 0.3) is 0 Å². The van der Waals surface area contributed by atoms with Gasteiger partial charge >= 0.3 is 0 Å². The minimum atomic E-state index is -0.634. The highest BCUT2D eigenvalue weighted by atomic mass is 35.5. The highest BCUT2D eigenvalue weighted by molar-refractivity contribution is 6.31. The molecule has 0 fully saturated rings. The van der Waals surface area contributed by atoms with Gasteiger partial charge < -0.3 is 15.2 Å². The number of hydrogen-bond donors (Lipinski definition) is 1. The van der Waals surface area contributed by atoms with Crippen molar-refractivity contribution >= 4 is 11.6 Å². The van der Waals surface area contributed by atoms with Crippen molar-refractivity contribution in [1.29, 1.82) is 0 Å². The molecule has 1 heterocycles. The first-order chi connectivity index (χ1) is 10.1.